The summed E-state index contributed by atoms with van der Waals surface area (Å²) in [5, 5.41) is 11.3. The number of hydrogen-bond donors (Lipinski definition) is 4. The number of carbonyl (C=O) groups is 2. The molecule has 1 rings (SSSR count). The number of carbonyl (C=O) groups excluding carboxylic acids is 2. The van der Waals surface area contributed by atoms with Gasteiger partial charge in [0.1, 0.15) is 6.04 Å². The molecule has 2 amide bonds. The third-order valence-corrected chi connectivity index (χ3v) is 3.41. The average Bonchev–Trinajstić information content (AvgIpc) is 2.58. The van der Waals surface area contributed by atoms with Gasteiger partial charge in [-0.1, -0.05) is 31.3 Å². The van der Waals surface area contributed by atoms with Crippen molar-refractivity contribution >= 4 is 11.8 Å². The maximum atomic E-state index is 12.3. The third-order valence-electron chi connectivity index (χ3n) is 3.41. The topological polar surface area (TPSA) is 104 Å². The lowest BCUT2D eigenvalue weighted by atomic mass is 9.95. The summed E-state index contributed by atoms with van der Waals surface area (Å²) in [5.41, 5.74) is 7.51. The number of unbranched alkanes of at least 4 members (excludes halogenated alkanes) is 1. The van der Waals surface area contributed by atoms with Gasteiger partial charge in [0.25, 0.3) is 11.8 Å². The van der Waals surface area contributed by atoms with Crippen LogP contribution < -0.4 is 16.5 Å². The Labute approximate surface area is 148 Å². The lowest BCUT2D eigenvalue weighted by molar-refractivity contribution is -0.132. The minimum atomic E-state index is -1.08. The van der Waals surface area contributed by atoms with E-state index in [4.69, 9.17) is 10.9 Å². The average molecular weight is 343 g/mol. The summed E-state index contributed by atoms with van der Waals surface area (Å²) in [4.78, 5) is 24.0. The van der Waals surface area contributed by atoms with E-state index in [-0.39, 0.29) is 0 Å². The molecular weight excluding hydrogens is 318 g/mol. The Kier molecular flexibility index (Phi) is 7.86. The molecule has 0 aromatic heterocycles. The molecule has 0 saturated carbocycles. The summed E-state index contributed by atoms with van der Waals surface area (Å²) in [7, 11) is 0. The van der Waals surface area contributed by atoms with Gasteiger partial charge < -0.3 is 11.1 Å². The minimum Gasteiger partial charge on any atom is -0.338 e. The van der Waals surface area contributed by atoms with Crippen LogP contribution >= 0.6 is 0 Å². The molecule has 0 bridgehead atoms. The highest BCUT2D eigenvalue weighted by atomic mass is 16.5. The van der Waals surface area contributed by atoms with Gasteiger partial charge in [-0.15, -0.1) is 0 Å². The predicted molar refractivity (Wildman–Crippen MR) is 96.8 cm³/mol. The maximum Gasteiger partial charge on any atom is 0.267 e. The molecule has 0 fully saturated rings. The van der Waals surface area contributed by atoms with Crippen molar-refractivity contribution in [2.24, 2.45) is 5.73 Å². The molecule has 0 saturated heterocycles. The van der Waals surface area contributed by atoms with Crippen LogP contribution in [0.5, 0.6) is 0 Å². The summed E-state index contributed by atoms with van der Waals surface area (Å²) < 4.78 is 0. The molecule has 0 aliphatic rings. The first-order valence-electron chi connectivity index (χ1n) is 8.10. The van der Waals surface area contributed by atoms with E-state index in [1.807, 2.05) is 12.2 Å². The van der Waals surface area contributed by atoms with E-state index in [1.54, 1.807) is 38.1 Å². The molecule has 1 aromatic carbocycles. The molecule has 134 valence electrons. The van der Waals surface area contributed by atoms with Crippen LogP contribution in [0, 0.1) is 11.8 Å². The van der Waals surface area contributed by atoms with E-state index in [0.717, 1.165) is 18.4 Å². The Balaban J connectivity index is 2.81. The second kappa shape index (κ2) is 9.62. The van der Waals surface area contributed by atoms with Crippen molar-refractivity contribution in [3.05, 3.63) is 47.5 Å². The number of hydroxylamine groups is 1. The molecule has 1 aromatic rings. The first-order chi connectivity index (χ1) is 11.8. The molecule has 6 nitrogen and oxygen atoms in total. The van der Waals surface area contributed by atoms with Crippen LogP contribution in [-0.2, 0) is 4.79 Å². The lowest BCUT2D eigenvalue weighted by Gasteiger charge is -2.29. The summed E-state index contributed by atoms with van der Waals surface area (Å²) in [6.07, 6.45) is 5.89. The fraction of sp³-hybridized carbons (Fsp3) is 0.368. The number of hydrogen-bond acceptors (Lipinski definition) is 4. The van der Waals surface area contributed by atoms with Gasteiger partial charge in [-0.25, -0.2) is 5.48 Å². The quantitative estimate of drug-likeness (QED) is 0.359. The van der Waals surface area contributed by atoms with Crippen LogP contribution in [0.1, 0.15) is 49.5 Å². The highest BCUT2D eigenvalue weighted by Gasteiger charge is 2.33. The Bertz CT molecular complexity index is 677. The fourth-order valence-corrected chi connectivity index (χ4v) is 2.01. The first kappa shape index (κ1) is 20.4. The van der Waals surface area contributed by atoms with E-state index >= 15 is 0 Å². The Morgan fingerprint density at radius 3 is 2.48 bits per heavy atom. The fourth-order valence-electron chi connectivity index (χ4n) is 2.01. The smallest absolute Gasteiger partial charge is 0.267 e. The first-order valence-corrected chi connectivity index (χ1v) is 8.10. The van der Waals surface area contributed by atoms with Gasteiger partial charge in [-0.05, 0) is 50.6 Å². The van der Waals surface area contributed by atoms with Gasteiger partial charge >= 0.3 is 0 Å². The van der Waals surface area contributed by atoms with E-state index in [0.29, 0.717) is 5.56 Å². The number of amides is 2. The van der Waals surface area contributed by atoms with Gasteiger partial charge in [-0.2, -0.15) is 0 Å². The molecule has 1 atom stereocenters. The molecule has 0 aliphatic heterocycles. The van der Waals surface area contributed by atoms with Crippen LogP contribution in [-0.4, -0.2) is 28.6 Å². The maximum absolute atomic E-state index is 12.3. The van der Waals surface area contributed by atoms with Gasteiger partial charge in [0, 0.05) is 16.7 Å². The Morgan fingerprint density at radius 2 is 1.96 bits per heavy atom. The standard InChI is InChI=1S/C19H25N3O3/c1-4-5-6-7-8-9-14-10-12-15(13-11-14)17(23)21-16(18(24)22-25)19(2,3)20/h6-7,10-13,16,25H,4-5,20H2,1-3H3,(H,21,23)(H,22,24)/b7-6+/t16-/m1/s1. The van der Waals surface area contributed by atoms with Crippen molar-refractivity contribution in [1.82, 2.24) is 10.8 Å². The zero-order valence-electron chi connectivity index (χ0n) is 14.8. The minimum absolute atomic E-state index is 0.368. The van der Waals surface area contributed by atoms with Crippen molar-refractivity contribution in [3.8, 4) is 11.8 Å². The summed E-state index contributed by atoms with van der Waals surface area (Å²) in [5.74, 6) is 4.67. The van der Waals surface area contributed by atoms with Crippen molar-refractivity contribution in [2.75, 3.05) is 0 Å². The number of nitrogens with one attached hydrogen (secondary N) is 2. The SMILES string of the molecule is CCC/C=C/C#Cc1ccc(C(=O)N[C@H](C(=O)NO)C(C)(C)N)cc1. The van der Waals surface area contributed by atoms with Gasteiger partial charge in [0.05, 0.1) is 0 Å². The molecule has 0 aliphatic carbocycles. The normalized spacial score (nSPS) is 12.2. The molecule has 5 N–H and O–H groups in total. The molecule has 0 spiro atoms. The van der Waals surface area contributed by atoms with Crippen molar-refractivity contribution in [1.29, 1.82) is 0 Å². The molecule has 0 radical (unpaired) electrons. The van der Waals surface area contributed by atoms with Crippen LogP contribution in [0.3, 0.4) is 0 Å². The molecule has 0 heterocycles. The van der Waals surface area contributed by atoms with E-state index in [1.165, 1.54) is 5.48 Å². The van der Waals surface area contributed by atoms with Gasteiger partial charge in [-0.3, -0.25) is 14.8 Å². The second-order valence-corrected chi connectivity index (χ2v) is 6.24. The molecular formula is C19H25N3O3. The number of allylic oxidation sites excluding steroid dienone is 2. The highest BCUT2D eigenvalue weighted by Crippen LogP contribution is 2.09. The third kappa shape index (κ3) is 6.79. The summed E-state index contributed by atoms with van der Waals surface area (Å²) in [6.45, 7) is 5.26. The molecule has 6 heteroatoms. The van der Waals surface area contributed by atoms with Gasteiger partial charge in [0.15, 0.2) is 0 Å². The van der Waals surface area contributed by atoms with E-state index in [9.17, 15) is 9.59 Å². The van der Waals surface area contributed by atoms with Gasteiger partial charge in [0.2, 0.25) is 0 Å². The Morgan fingerprint density at radius 1 is 1.32 bits per heavy atom. The zero-order valence-corrected chi connectivity index (χ0v) is 14.8. The van der Waals surface area contributed by atoms with Crippen LogP contribution in [0.4, 0.5) is 0 Å². The molecule has 0 unspecified atom stereocenters. The van der Waals surface area contributed by atoms with Crippen molar-refractivity contribution < 1.29 is 14.8 Å². The second-order valence-electron chi connectivity index (χ2n) is 6.24. The highest BCUT2D eigenvalue weighted by molar-refractivity contribution is 5.97. The van der Waals surface area contributed by atoms with Crippen LogP contribution in [0.2, 0.25) is 0 Å². The van der Waals surface area contributed by atoms with Crippen molar-refractivity contribution in [2.45, 2.75) is 45.2 Å². The Hall–Kier alpha value is -2.62. The monoisotopic (exact) mass is 343 g/mol. The van der Waals surface area contributed by atoms with Crippen molar-refractivity contribution in [3.63, 3.8) is 0 Å². The number of nitrogens with two attached hydrogens (primary N) is 1. The van der Waals surface area contributed by atoms with E-state index in [2.05, 4.69) is 24.1 Å². The number of benzene rings is 1. The van der Waals surface area contributed by atoms with E-state index < -0.39 is 23.4 Å². The molecule has 25 heavy (non-hydrogen) atoms. The summed E-state index contributed by atoms with van der Waals surface area (Å²) >= 11 is 0. The zero-order chi connectivity index (χ0) is 18.9. The lowest BCUT2D eigenvalue weighted by Crippen LogP contribution is -2.61. The van der Waals surface area contributed by atoms with Crippen LogP contribution in [0.15, 0.2) is 36.4 Å². The number of rotatable bonds is 6. The largest absolute Gasteiger partial charge is 0.338 e. The summed E-state index contributed by atoms with van der Waals surface area (Å²) in [6, 6.07) is 5.61. The predicted octanol–water partition coefficient (Wildman–Crippen LogP) is 1.74. The van der Waals surface area contributed by atoms with Crippen LogP contribution in [0.25, 0.3) is 0 Å².